The number of guanidine groups is 1. The van der Waals surface area contributed by atoms with Crippen molar-refractivity contribution in [1.82, 2.24) is 15.5 Å². The van der Waals surface area contributed by atoms with Gasteiger partial charge in [-0.15, -0.1) is 0 Å². The molecule has 1 unspecified atom stereocenters. The van der Waals surface area contributed by atoms with Gasteiger partial charge in [-0.25, -0.2) is 4.39 Å². The summed E-state index contributed by atoms with van der Waals surface area (Å²) in [5.74, 6) is 0.599. The van der Waals surface area contributed by atoms with Gasteiger partial charge in [0.25, 0.3) is 0 Å². The van der Waals surface area contributed by atoms with Gasteiger partial charge in [-0.3, -0.25) is 9.89 Å². The number of nitrogens with one attached hydrogen (secondary N) is 2. The van der Waals surface area contributed by atoms with Crippen molar-refractivity contribution in [2.45, 2.75) is 25.4 Å². The number of benzene rings is 2. The van der Waals surface area contributed by atoms with E-state index < -0.39 is 0 Å². The smallest absolute Gasteiger partial charge is 0.191 e. The van der Waals surface area contributed by atoms with E-state index in [1.54, 1.807) is 13.1 Å². The molecule has 2 N–H and O–H groups in total. The van der Waals surface area contributed by atoms with Gasteiger partial charge in [0.2, 0.25) is 0 Å². The molecule has 2 aromatic carbocycles. The summed E-state index contributed by atoms with van der Waals surface area (Å²) in [7, 11) is 3.21. The van der Waals surface area contributed by atoms with Gasteiger partial charge in [0.1, 0.15) is 0 Å². The zero-order valence-corrected chi connectivity index (χ0v) is 16.6. The summed E-state index contributed by atoms with van der Waals surface area (Å²) in [6, 6.07) is 15.9. The lowest BCUT2D eigenvalue weighted by Crippen LogP contribution is -2.42. The van der Waals surface area contributed by atoms with Crippen LogP contribution in [0.1, 0.15) is 30.0 Å². The van der Waals surface area contributed by atoms with Crippen LogP contribution in [0.15, 0.2) is 53.5 Å². The van der Waals surface area contributed by atoms with E-state index in [2.05, 4.69) is 44.8 Å². The third kappa shape index (κ3) is 5.23. The summed E-state index contributed by atoms with van der Waals surface area (Å²) in [5.41, 5.74) is 2.14. The lowest BCUT2D eigenvalue weighted by atomic mass is 10.1. The fourth-order valence-electron chi connectivity index (χ4n) is 3.61. The van der Waals surface area contributed by atoms with Gasteiger partial charge in [-0.05, 0) is 49.2 Å². The zero-order valence-electron chi connectivity index (χ0n) is 16.6. The van der Waals surface area contributed by atoms with E-state index in [9.17, 15) is 4.39 Å². The number of methoxy groups -OCH3 is 1. The van der Waals surface area contributed by atoms with Gasteiger partial charge in [-0.1, -0.05) is 36.4 Å². The number of hydrogen-bond acceptors (Lipinski definition) is 3. The van der Waals surface area contributed by atoms with Gasteiger partial charge in [0.05, 0.1) is 13.2 Å². The summed E-state index contributed by atoms with van der Waals surface area (Å²) in [4.78, 5) is 6.83. The molecule has 0 aliphatic carbocycles. The van der Waals surface area contributed by atoms with Crippen molar-refractivity contribution in [2.75, 3.05) is 33.8 Å². The lowest BCUT2D eigenvalue weighted by Gasteiger charge is -2.29. The first kappa shape index (κ1) is 20.1. The predicted octanol–water partition coefficient (Wildman–Crippen LogP) is 3.34. The van der Waals surface area contributed by atoms with Crippen LogP contribution in [0.5, 0.6) is 5.75 Å². The average molecular weight is 384 g/mol. The highest BCUT2D eigenvalue weighted by Gasteiger charge is 2.23. The highest BCUT2D eigenvalue weighted by Crippen LogP contribution is 2.24. The minimum absolute atomic E-state index is 0.252. The van der Waals surface area contributed by atoms with E-state index >= 15 is 0 Å². The maximum absolute atomic E-state index is 13.9. The Morgan fingerprint density at radius 1 is 1.14 bits per heavy atom. The highest BCUT2D eigenvalue weighted by atomic mass is 19.1. The first-order valence-corrected chi connectivity index (χ1v) is 9.77. The van der Waals surface area contributed by atoms with Gasteiger partial charge in [-0.2, -0.15) is 0 Å². The minimum Gasteiger partial charge on any atom is -0.494 e. The summed E-state index contributed by atoms with van der Waals surface area (Å²) >= 11 is 0. The quantitative estimate of drug-likeness (QED) is 0.568. The van der Waals surface area contributed by atoms with Crippen LogP contribution >= 0.6 is 0 Å². The van der Waals surface area contributed by atoms with Gasteiger partial charge >= 0.3 is 0 Å². The molecule has 3 rings (SSSR count). The van der Waals surface area contributed by atoms with E-state index in [1.165, 1.54) is 31.6 Å². The third-order valence-corrected chi connectivity index (χ3v) is 5.13. The van der Waals surface area contributed by atoms with E-state index in [1.807, 2.05) is 12.1 Å². The molecule has 6 heteroatoms. The third-order valence-electron chi connectivity index (χ3n) is 5.13. The molecule has 1 aliphatic heterocycles. The number of nitrogens with zero attached hydrogens (tertiary/aromatic N) is 2. The number of rotatable bonds is 7. The molecule has 28 heavy (non-hydrogen) atoms. The average Bonchev–Trinajstić information content (AvgIpc) is 3.26. The van der Waals surface area contributed by atoms with Crippen LogP contribution in [0.25, 0.3) is 0 Å². The van der Waals surface area contributed by atoms with Crippen LogP contribution in [-0.2, 0) is 6.54 Å². The van der Waals surface area contributed by atoms with Crippen molar-refractivity contribution in [2.24, 2.45) is 4.99 Å². The molecular formula is C22H29FN4O. The van der Waals surface area contributed by atoms with E-state index in [0.717, 1.165) is 25.2 Å². The number of hydrogen-bond donors (Lipinski definition) is 2. The van der Waals surface area contributed by atoms with Gasteiger partial charge in [0.15, 0.2) is 17.5 Å². The van der Waals surface area contributed by atoms with Crippen LogP contribution in [0.4, 0.5) is 4.39 Å². The Labute approximate surface area is 166 Å². The van der Waals surface area contributed by atoms with E-state index in [-0.39, 0.29) is 11.6 Å². The Balaban J connectivity index is 1.59. The molecule has 1 heterocycles. The van der Waals surface area contributed by atoms with Crippen LogP contribution < -0.4 is 15.4 Å². The number of halogens is 1. The Kier molecular flexibility index (Phi) is 7.25. The largest absolute Gasteiger partial charge is 0.494 e. The molecule has 0 saturated carbocycles. The monoisotopic (exact) mass is 384 g/mol. The van der Waals surface area contributed by atoms with Crippen molar-refractivity contribution in [3.63, 3.8) is 0 Å². The maximum Gasteiger partial charge on any atom is 0.191 e. The van der Waals surface area contributed by atoms with E-state index in [0.29, 0.717) is 18.5 Å². The van der Waals surface area contributed by atoms with Gasteiger partial charge in [0, 0.05) is 20.1 Å². The SMILES string of the molecule is CN=C(NCc1ccc(OC)c(F)c1)NCC(c1ccccc1)N1CCCC1. The Morgan fingerprint density at radius 2 is 1.89 bits per heavy atom. The molecule has 0 bridgehead atoms. The Morgan fingerprint density at radius 3 is 2.54 bits per heavy atom. The molecule has 1 aliphatic rings. The molecule has 0 radical (unpaired) electrons. The molecule has 150 valence electrons. The molecule has 0 aromatic heterocycles. The molecule has 0 spiro atoms. The fourth-order valence-corrected chi connectivity index (χ4v) is 3.61. The molecule has 2 aromatic rings. The van der Waals surface area contributed by atoms with Crippen molar-refractivity contribution in [3.05, 3.63) is 65.5 Å². The topological polar surface area (TPSA) is 48.9 Å². The van der Waals surface area contributed by atoms with E-state index in [4.69, 9.17) is 4.74 Å². The zero-order chi connectivity index (χ0) is 19.8. The summed E-state index contributed by atoms with van der Waals surface area (Å²) < 4.78 is 18.8. The predicted molar refractivity (Wildman–Crippen MR) is 111 cm³/mol. The summed E-state index contributed by atoms with van der Waals surface area (Å²) in [6.45, 7) is 3.50. The van der Waals surface area contributed by atoms with Crippen molar-refractivity contribution >= 4 is 5.96 Å². The summed E-state index contributed by atoms with van der Waals surface area (Å²) in [5, 5.41) is 6.69. The van der Waals surface area contributed by atoms with Crippen LogP contribution in [0, 0.1) is 5.82 Å². The first-order chi connectivity index (χ1) is 13.7. The molecule has 1 fully saturated rings. The number of aliphatic imine (C=N–C) groups is 1. The molecule has 1 atom stereocenters. The highest BCUT2D eigenvalue weighted by molar-refractivity contribution is 5.79. The second-order valence-electron chi connectivity index (χ2n) is 6.95. The molecule has 5 nitrogen and oxygen atoms in total. The normalized spacial score (nSPS) is 16.0. The number of ether oxygens (including phenoxy) is 1. The fraction of sp³-hybridized carbons (Fsp3) is 0.409. The van der Waals surface area contributed by atoms with Crippen molar-refractivity contribution in [1.29, 1.82) is 0 Å². The minimum atomic E-state index is -0.358. The summed E-state index contributed by atoms with van der Waals surface area (Å²) in [6.07, 6.45) is 2.50. The molecular weight excluding hydrogens is 355 g/mol. The van der Waals surface area contributed by atoms with Crippen LogP contribution in [0.3, 0.4) is 0 Å². The standard InChI is InChI=1S/C22H29FN4O/c1-24-22(25-15-17-10-11-21(28-2)19(23)14-17)26-16-20(27-12-6-7-13-27)18-8-4-3-5-9-18/h3-5,8-11,14,20H,6-7,12-13,15-16H2,1-2H3,(H2,24,25,26). The molecule has 1 saturated heterocycles. The Bertz CT molecular complexity index is 775. The first-order valence-electron chi connectivity index (χ1n) is 9.77. The van der Waals surface area contributed by atoms with Crippen LogP contribution in [0.2, 0.25) is 0 Å². The second-order valence-corrected chi connectivity index (χ2v) is 6.95. The second kappa shape index (κ2) is 10.1. The van der Waals surface area contributed by atoms with Crippen molar-refractivity contribution < 1.29 is 9.13 Å². The van der Waals surface area contributed by atoms with Gasteiger partial charge < -0.3 is 15.4 Å². The Hall–Kier alpha value is -2.60. The van der Waals surface area contributed by atoms with Crippen molar-refractivity contribution in [3.8, 4) is 5.75 Å². The molecule has 0 amide bonds. The lowest BCUT2D eigenvalue weighted by molar-refractivity contribution is 0.245. The number of likely N-dealkylation sites (tertiary alicyclic amines) is 1. The van der Waals surface area contributed by atoms with Crippen LogP contribution in [-0.4, -0.2) is 44.7 Å². The maximum atomic E-state index is 13.9.